The van der Waals surface area contributed by atoms with Gasteiger partial charge in [-0.3, -0.25) is 0 Å². The Morgan fingerprint density at radius 2 is 2.00 bits per heavy atom. The van der Waals surface area contributed by atoms with E-state index in [2.05, 4.69) is 9.97 Å². The highest BCUT2D eigenvalue weighted by atomic mass is 32.2. The van der Waals surface area contributed by atoms with Crippen molar-refractivity contribution in [2.75, 3.05) is 5.73 Å². The molecular weight excluding hydrogens is 249 g/mol. The van der Waals surface area contributed by atoms with Gasteiger partial charge in [0.15, 0.2) is 0 Å². The Balaban J connectivity index is 2.40. The van der Waals surface area contributed by atoms with Crippen LogP contribution in [0.2, 0.25) is 0 Å². The first kappa shape index (κ1) is 12.8. The van der Waals surface area contributed by atoms with Gasteiger partial charge in [0.2, 0.25) is 0 Å². The fraction of sp³-hybridized carbons (Fsp3) is 0.231. The number of halogens is 1. The van der Waals surface area contributed by atoms with Crippen molar-refractivity contribution in [2.24, 2.45) is 0 Å². The highest BCUT2D eigenvalue weighted by molar-refractivity contribution is 7.99. The van der Waals surface area contributed by atoms with Gasteiger partial charge in [-0.25, -0.2) is 14.4 Å². The molecule has 5 heteroatoms. The van der Waals surface area contributed by atoms with Gasteiger partial charge < -0.3 is 5.73 Å². The maximum atomic E-state index is 13.6. The summed E-state index contributed by atoms with van der Waals surface area (Å²) < 4.78 is 13.6. The first-order valence-electron chi connectivity index (χ1n) is 5.67. The summed E-state index contributed by atoms with van der Waals surface area (Å²) in [6.07, 6.45) is 0.704. The van der Waals surface area contributed by atoms with E-state index < -0.39 is 0 Å². The molecule has 0 atom stereocenters. The van der Waals surface area contributed by atoms with Gasteiger partial charge in [0.05, 0.1) is 0 Å². The van der Waals surface area contributed by atoms with Crippen LogP contribution in [0.5, 0.6) is 0 Å². The minimum Gasteiger partial charge on any atom is -0.383 e. The van der Waals surface area contributed by atoms with E-state index in [0.29, 0.717) is 28.0 Å². The molecule has 1 aromatic carbocycles. The number of rotatable bonds is 3. The van der Waals surface area contributed by atoms with Crippen molar-refractivity contribution >= 4 is 17.6 Å². The van der Waals surface area contributed by atoms with Crippen LogP contribution in [0.15, 0.2) is 34.2 Å². The van der Waals surface area contributed by atoms with Crippen molar-refractivity contribution < 1.29 is 4.39 Å². The van der Waals surface area contributed by atoms with Crippen LogP contribution in [0.3, 0.4) is 0 Å². The molecule has 1 aromatic heterocycles. The van der Waals surface area contributed by atoms with Gasteiger partial charge in [-0.1, -0.05) is 30.8 Å². The highest BCUT2D eigenvalue weighted by Gasteiger charge is 2.11. The fourth-order valence-electron chi connectivity index (χ4n) is 1.45. The first-order valence-corrected chi connectivity index (χ1v) is 6.48. The zero-order valence-corrected chi connectivity index (χ0v) is 11.1. The van der Waals surface area contributed by atoms with E-state index in [1.807, 2.05) is 13.8 Å². The van der Waals surface area contributed by atoms with E-state index >= 15 is 0 Å². The van der Waals surface area contributed by atoms with E-state index in [0.717, 1.165) is 5.56 Å². The van der Waals surface area contributed by atoms with Gasteiger partial charge in [-0.05, 0) is 19.1 Å². The predicted octanol–water partition coefficient (Wildman–Crippen LogP) is 3.22. The van der Waals surface area contributed by atoms with Crippen molar-refractivity contribution in [3.05, 3.63) is 41.5 Å². The normalized spacial score (nSPS) is 10.6. The summed E-state index contributed by atoms with van der Waals surface area (Å²) in [5.41, 5.74) is 6.62. The third-order valence-corrected chi connectivity index (χ3v) is 3.69. The maximum absolute atomic E-state index is 13.6. The lowest BCUT2D eigenvalue weighted by atomic mass is 10.3. The Morgan fingerprint density at radius 3 is 2.67 bits per heavy atom. The molecule has 0 aliphatic carbocycles. The van der Waals surface area contributed by atoms with Crippen LogP contribution in [0, 0.1) is 12.7 Å². The number of nitrogen functional groups attached to an aromatic ring is 1. The highest BCUT2D eigenvalue weighted by Crippen LogP contribution is 2.31. The molecule has 2 aromatic rings. The third kappa shape index (κ3) is 2.61. The molecule has 0 amide bonds. The zero-order valence-electron chi connectivity index (χ0n) is 10.3. The second kappa shape index (κ2) is 5.35. The Labute approximate surface area is 110 Å². The number of benzene rings is 1. The number of nitrogens with zero attached hydrogens (tertiary/aromatic N) is 2. The van der Waals surface area contributed by atoms with E-state index in [9.17, 15) is 4.39 Å². The lowest BCUT2D eigenvalue weighted by molar-refractivity contribution is 0.602. The first-order chi connectivity index (χ1) is 8.61. The summed E-state index contributed by atoms with van der Waals surface area (Å²) in [7, 11) is 0. The van der Waals surface area contributed by atoms with Crippen LogP contribution in [0.4, 0.5) is 10.2 Å². The molecule has 0 saturated heterocycles. The third-order valence-electron chi connectivity index (χ3n) is 2.54. The number of anilines is 1. The molecule has 94 valence electrons. The number of hydrogen-bond acceptors (Lipinski definition) is 4. The van der Waals surface area contributed by atoms with Crippen LogP contribution < -0.4 is 5.73 Å². The average Bonchev–Trinajstić information content (AvgIpc) is 2.37. The number of hydrogen-bond donors (Lipinski definition) is 1. The van der Waals surface area contributed by atoms with Crippen molar-refractivity contribution in [2.45, 2.75) is 30.2 Å². The second-order valence-corrected chi connectivity index (χ2v) is 4.87. The van der Waals surface area contributed by atoms with E-state index in [-0.39, 0.29) is 5.82 Å². The van der Waals surface area contributed by atoms with Crippen molar-refractivity contribution in [1.29, 1.82) is 0 Å². The van der Waals surface area contributed by atoms with Gasteiger partial charge >= 0.3 is 0 Å². The topological polar surface area (TPSA) is 51.8 Å². The van der Waals surface area contributed by atoms with Crippen LogP contribution in [0.1, 0.15) is 18.3 Å². The largest absolute Gasteiger partial charge is 0.383 e. The quantitative estimate of drug-likeness (QED) is 0.864. The van der Waals surface area contributed by atoms with Gasteiger partial charge in [0, 0.05) is 16.9 Å². The summed E-state index contributed by atoms with van der Waals surface area (Å²) in [5.74, 6) is 0.884. The number of aryl methyl sites for hydroxylation is 1. The number of aromatic nitrogens is 2. The molecule has 3 nitrogen and oxygen atoms in total. The van der Waals surface area contributed by atoms with E-state index in [1.165, 1.54) is 17.8 Å². The lowest BCUT2D eigenvalue weighted by Gasteiger charge is -2.09. The van der Waals surface area contributed by atoms with Crippen LogP contribution in [-0.2, 0) is 6.42 Å². The molecule has 0 bridgehead atoms. The SMILES string of the molecule is CCc1nc(N)c(C)c(Sc2ccccc2F)n1. The molecule has 0 saturated carbocycles. The summed E-state index contributed by atoms with van der Waals surface area (Å²) in [5, 5.41) is 0.712. The van der Waals surface area contributed by atoms with Gasteiger partial charge in [-0.15, -0.1) is 0 Å². The molecule has 0 spiro atoms. The Kier molecular flexibility index (Phi) is 3.81. The second-order valence-electron chi connectivity index (χ2n) is 3.84. The van der Waals surface area contributed by atoms with Crippen molar-refractivity contribution in [3.63, 3.8) is 0 Å². The fourth-order valence-corrected chi connectivity index (χ4v) is 2.38. The minimum atomic E-state index is -0.253. The monoisotopic (exact) mass is 263 g/mol. The molecule has 0 radical (unpaired) electrons. The van der Waals surface area contributed by atoms with E-state index in [1.54, 1.807) is 18.2 Å². The van der Waals surface area contributed by atoms with Crippen LogP contribution in [0.25, 0.3) is 0 Å². The molecule has 18 heavy (non-hydrogen) atoms. The Bertz CT molecular complexity index is 572. The molecule has 0 unspecified atom stereocenters. The van der Waals surface area contributed by atoms with Crippen LogP contribution in [-0.4, -0.2) is 9.97 Å². The summed E-state index contributed by atoms with van der Waals surface area (Å²) in [4.78, 5) is 9.11. The van der Waals surface area contributed by atoms with Crippen LogP contribution >= 0.6 is 11.8 Å². The summed E-state index contributed by atoms with van der Waals surface area (Å²) in [6.45, 7) is 3.81. The van der Waals surface area contributed by atoms with E-state index in [4.69, 9.17) is 5.73 Å². The lowest BCUT2D eigenvalue weighted by Crippen LogP contribution is -2.03. The maximum Gasteiger partial charge on any atom is 0.137 e. The van der Waals surface area contributed by atoms with Crippen molar-refractivity contribution in [3.8, 4) is 0 Å². The Morgan fingerprint density at radius 1 is 1.28 bits per heavy atom. The standard InChI is InChI=1S/C13H14FN3S/c1-3-11-16-12(15)8(2)13(17-11)18-10-7-5-4-6-9(10)14/h4-7H,3H2,1-2H3,(H2,15,16,17). The van der Waals surface area contributed by atoms with Crippen molar-refractivity contribution in [1.82, 2.24) is 9.97 Å². The number of nitrogens with two attached hydrogens (primary N) is 1. The van der Waals surface area contributed by atoms with Gasteiger partial charge in [0.25, 0.3) is 0 Å². The molecule has 0 aliphatic heterocycles. The molecule has 0 fully saturated rings. The minimum absolute atomic E-state index is 0.253. The molecule has 1 heterocycles. The predicted molar refractivity (Wildman–Crippen MR) is 71.1 cm³/mol. The van der Waals surface area contributed by atoms with Gasteiger partial charge in [-0.2, -0.15) is 0 Å². The smallest absolute Gasteiger partial charge is 0.137 e. The molecule has 2 N–H and O–H groups in total. The Hall–Kier alpha value is -1.62. The van der Waals surface area contributed by atoms with Gasteiger partial charge in [0.1, 0.15) is 22.5 Å². The summed E-state index contributed by atoms with van der Waals surface area (Å²) in [6, 6.07) is 6.62. The molecule has 0 aliphatic rings. The average molecular weight is 263 g/mol. The molecule has 2 rings (SSSR count). The summed E-state index contributed by atoms with van der Waals surface area (Å²) >= 11 is 1.28. The molecular formula is C13H14FN3S. The zero-order chi connectivity index (χ0) is 13.1.